The number of methoxy groups -OCH3 is 1. The molecule has 1 rings (SSSR count). The zero-order valence-corrected chi connectivity index (χ0v) is 13.7. The summed E-state index contributed by atoms with van der Waals surface area (Å²) in [6.07, 6.45) is 0.151. The Labute approximate surface area is 128 Å². The van der Waals surface area contributed by atoms with Crippen LogP contribution >= 0.6 is 0 Å². The molecule has 0 fully saturated rings. The second-order valence-electron chi connectivity index (χ2n) is 4.38. The van der Waals surface area contributed by atoms with E-state index in [0.717, 1.165) is 12.5 Å². The SMILES string of the molecule is COc1ccc(N(S(C)(=O)=O)S(C)(=O)=O)c(CNC(=O)O)c1. The summed E-state index contributed by atoms with van der Waals surface area (Å²) < 4.78 is 52.4. The Morgan fingerprint density at radius 2 is 1.77 bits per heavy atom. The van der Waals surface area contributed by atoms with E-state index in [2.05, 4.69) is 5.32 Å². The van der Waals surface area contributed by atoms with Gasteiger partial charge in [-0.2, -0.15) is 3.71 Å². The van der Waals surface area contributed by atoms with E-state index in [1.165, 1.54) is 25.3 Å². The largest absolute Gasteiger partial charge is 0.497 e. The number of ether oxygens (including phenoxy) is 1. The molecular formula is C11H16N2O7S2. The highest BCUT2D eigenvalue weighted by Gasteiger charge is 2.29. The lowest BCUT2D eigenvalue weighted by atomic mass is 10.1. The number of nitrogens with zero attached hydrogens (tertiary/aromatic N) is 1. The molecule has 1 amide bonds. The van der Waals surface area contributed by atoms with Crippen molar-refractivity contribution in [2.45, 2.75) is 6.54 Å². The zero-order chi connectivity index (χ0) is 17.1. The maximum Gasteiger partial charge on any atom is 0.404 e. The van der Waals surface area contributed by atoms with Crippen LogP contribution in [0.25, 0.3) is 0 Å². The third-order valence-corrected chi connectivity index (χ3v) is 5.74. The highest BCUT2D eigenvalue weighted by molar-refractivity contribution is 8.09. The molecule has 0 aromatic heterocycles. The molecule has 11 heteroatoms. The number of nitrogens with one attached hydrogen (secondary N) is 1. The van der Waals surface area contributed by atoms with E-state index in [9.17, 15) is 21.6 Å². The molecular weight excluding hydrogens is 336 g/mol. The Bertz CT molecular complexity index is 740. The Hall–Kier alpha value is -2.01. The number of hydrogen-bond acceptors (Lipinski definition) is 6. The highest BCUT2D eigenvalue weighted by atomic mass is 32.3. The van der Waals surface area contributed by atoms with Crippen molar-refractivity contribution in [1.29, 1.82) is 0 Å². The summed E-state index contributed by atoms with van der Waals surface area (Å²) in [7, 11) is -6.88. The van der Waals surface area contributed by atoms with Crippen molar-refractivity contribution >= 4 is 31.8 Å². The Balaban J connectivity index is 3.52. The molecule has 0 radical (unpaired) electrons. The molecule has 2 N–H and O–H groups in total. The van der Waals surface area contributed by atoms with E-state index in [4.69, 9.17) is 9.84 Å². The summed E-state index contributed by atoms with van der Waals surface area (Å²) in [6, 6.07) is 3.97. The molecule has 0 aliphatic carbocycles. The standard InChI is InChI=1S/C11H16N2O7S2/c1-20-9-4-5-10(8(6-9)7-12-11(14)15)13(21(2,16)17)22(3,18)19/h4-6,12H,7H2,1-3H3,(H,14,15). The zero-order valence-electron chi connectivity index (χ0n) is 12.1. The average Bonchev–Trinajstić information content (AvgIpc) is 2.34. The molecule has 22 heavy (non-hydrogen) atoms. The van der Waals surface area contributed by atoms with Gasteiger partial charge in [0.2, 0.25) is 20.0 Å². The van der Waals surface area contributed by atoms with E-state index >= 15 is 0 Å². The minimum atomic E-state index is -4.13. The summed E-state index contributed by atoms with van der Waals surface area (Å²) in [5.41, 5.74) is -0.0304. The molecule has 9 nitrogen and oxygen atoms in total. The number of rotatable bonds is 6. The van der Waals surface area contributed by atoms with Crippen molar-refractivity contribution < 1.29 is 31.5 Å². The van der Waals surface area contributed by atoms with Gasteiger partial charge in [0.1, 0.15) is 5.75 Å². The van der Waals surface area contributed by atoms with Crippen LogP contribution < -0.4 is 13.8 Å². The number of hydrogen-bond donors (Lipinski definition) is 2. The molecule has 0 heterocycles. The van der Waals surface area contributed by atoms with Gasteiger partial charge in [-0.1, -0.05) is 0 Å². The van der Waals surface area contributed by atoms with Crippen molar-refractivity contribution in [3.8, 4) is 5.75 Å². The first-order valence-corrected chi connectivity index (χ1v) is 9.50. The van der Waals surface area contributed by atoms with Crippen molar-refractivity contribution in [3.05, 3.63) is 23.8 Å². The Morgan fingerprint density at radius 1 is 1.23 bits per heavy atom. The normalized spacial score (nSPS) is 11.8. The summed E-state index contributed by atoms with van der Waals surface area (Å²) in [6.45, 7) is -0.288. The maximum absolute atomic E-state index is 11.8. The number of carboxylic acid groups (broad SMARTS) is 1. The van der Waals surface area contributed by atoms with Gasteiger partial charge in [0.05, 0.1) is 25.3 Å². The number of benzene rings is 1. The smallest absolute Gasteiger partial charge is 0.404 e. The van der Waals surface area contributed by atoms with Gasteiger partial charge in [-0.05, 0) is 18.2 Å². The quantitative estimate of drug-likeness (QED) is 0.747. The van der Waals surface area contributed by atoms with E-state index in [-0.39, 0.29) is 21.5 Å². The third kappa shape index (κ3) is 4.49. The van der Waals surface area contributed by atoms with Crippen LogP contribution in [0.1, 0.15) is 5.56 Å². The van der Waals surface area contributed by atoms with Gasteiger partial charge in [-0.3, -0.25) is 0 Å². The lowest BCUT2D eigenvalue weighted by molar-refractivity contribution is 0.194. The van der Waals surface area contributed by atoms with Crippen LogP contribution in [0.5, 0.6) is 5.75 Å². The minimum absolute atomic E-state index is 0.137. The van der Waals surface area contributed by atoms with Gasteiger partial charge in [0.15, 0.2) is 0 Å². The average molecular weight is 352 g/mol. The minimum Gasteiger partial charge on any atom is -0.497 e. The maximum atomic E-state index is 11.8. The molecule has 124 valence electrons. The van der Waals surface area contributed by atoms with Gasteiger partial charge < -0.3 is 15.2 Å². The highest BCUT2D eigenvalue weighted by Crippen LogP contribution is 2.29. The second-order valence-corrected chi connectivity index (χ2v) is 8.27. The van der Waals surface area contributed by atoms with Gasteiger partial charge in [-0.25, -0.2) is 21.6 Å². The first-order valence-electron chi connectivity index (χ1n) is 5.81. The molecule has 1 aromatic rings. The Morgan fingerprint density at radius 3 is 2.18 bits per heavy atom. The van der Waals surface area contributed by atoms with Crippen LogP contribution in [-0.4, -0.2) is 47.7 Å². The van der Waals surface area contributed by atoms with Crippen LogP contribution in [0.3, 0.4) is 0 Å². The summed E-state index contributed by atoms with van der Waals surface area (Å²) >= 11 is 0. The molecule has 0 bridgehead atoms. The molecule has 0 saturated carbocycles. The van der Waals surface area contributed by atoms with Crippen LogP contribution in [0.15, 0.2) is 18.2 Å². The van der Waals surface area contributed by atoms with Crippen molar-refractivity contribution in [2.75, 3.05) is 23.3 Å². The second kappa shape index (κ2) is 6.40. The molecule has 0 unspecified atom stereocenters. The van der Waals surface area contributed by atoms with Gasteiger partial charge in [-0.15, -0.1) is 0 Å². The fourth-order valence-electron chi connectivity index (χ4n) is 1.78. The van der Waals surface area contributed by atoms with Crippen LogP contribution in [0.4, 0.5) is 10.5 Å². The number of sulfonamides is 2. The number of amides is 1. The van der Waals surface area contributed by atoms with Crippen LogP contribution in [0.2, 0.25) is 0 Å². The number of carbonyl (C=O) groups is 1. The molecule has 0 aliphatic rings. The Kier molecular flexibility index (Phi) is 5.25. The molecule has 0 saturated heterocycles. The van der Waals surface area contributed by atoms with Gasteiger partial charge in [0, 0.05) is 12.1 Å². The van der Waals surface area contributed by atoms with Gasteiger partial charge in [0.25, 0.3) is 0 Å². The predicted molar refractivity (Wildman–Crippen MR) is 80.0 cm³/mol. The van der Waals surface area contributed by atoms with E-state index < -0.39 is 26.1 Å². The predicted octanol–water partition coefficient (Wildman–Crippen LogP) is 0.188. The van der Waals surface area contributed by atoms with Crippen molar-refractivity contribution in [3.63, 3.8) is 0 Å². The molecule has 0 atom stereocenters. The van der Waals surface area contributed by atoms with Crippen molar-refractivity contribution in [1.82, 2.24) is 5.32 Å². The van der Waals surface area contributed by atoms with E-state index in [0.29, 0.717) is 5.75 Å². The van der Waals surface area contributed by atoms with Crippen molar-refractivity contribution in [2.24, 2.45) is 0 Å². The first-order chi connectivity index (χ1) is 9.96. The van der Waals surface area contributed by atoms with Gasteiger partial charge >= 0.3 is 6.09 Å². The monoisotopic (exact) mass is 352 g/mol. The first kappa shape index (κ1) is 18.0. The topological polar surface area (TPSA) is 130 Å². The van der Waals surface area contributed by atoms with E-state index in [1.54, 1.807) is 0 Å². The lowest BCUT2D eigenvalue weighted by Crippen LogP contribution is -2.36. The summed E-state index contributed by atoms with van der Waals surface area (Å²) in [5, 5.41) is 10.7. The van der Waals surface area contributed by atoms with Crippen LogP contribution in [0, 0.1) is 0 Å². The number of anilines is 1. The fourth-order valence-corrected chi connectivity index (χ4v) is 4.82. The summed E-state index contributed by atoms with van der Waals surface area (Å²) in [5.74, 6) is 0.327. The molecule has 0 aliphatic heterocycles. The van der Waals surface area contributed by atoms with E-state index in [1.807, 2.05) is 0 Å². The summed E-state index contributed by atoms with van der Waals surface area (Å²) in [4.78, 5) is 10.6. The molecule has 0 spiro atoms. The lowest BCUT2D eigenvalue weighted by Gasteiger charge is -2.23. The fraction of sp³-hybridized carbons (Fsp3) is 0.364. The van der Waals surface area contributed by atoms with Crippen LogP contribution in [-0.2, 0) is 26.6 Å². The molecule has 1 aromatic carbocycles. The third-order valence-electron chi connectivity index (χ3n) is 2.52.